The van der Waals surface area contributed by atoms with E-state index in [1.54, 1.807) is 11.1 Å². The molecule has 0 bridgehead atoms. The van der Waals surface area contributed by atoms with Gasteiger partial charge in [0, 0.05) is 0 Å². The Kier molecular flexibility index (Phi) is 22.4. The summed E-state index contributed by atoms with van der Waals surface area (Å²) in [6.45, 7) is 4.73. The molecule has 2 unspecified atom stereocenters. The number of hydrogen-bond acceptors (Lipinski definition) is 1. The predicted octanol–water partition coefficient (Wildman–Crippen LogP) is 13.4. The van der Waals surface area contributed by atoms with Gasteiger partial charge in [-0.15, -0.1) is 0 Å². The lowest BCUT2D eigenvalue weighted by Gasteiger charge is -2.29. The Morgan fingerprint density at radius 2 is 0.718 bits per heavy atom. The molecule has 0 spiro atoms. The zero-order valence-corrected chi connectivity index (χ0v) is 26.9. The van der Waals surface area contributed by atoms with Crippen LogP contribution in [0.25, 0.3) is 0 Å². The minimum atomic E-state index is 0.333. The van der Waals surface area contributed by atoms with Crippen molar-refractivity contribution in [2.75, 3.05) is 0 Å². The SMILES string of the molecule is CCCC(OC(CCC)/C1=C/CCCCCCCCCCCCC1)/C1=C/CCCCCCCCCCCCC1. The minimum Gasteiger partial charge on any atom is -0.366 e. The molecule has 228 valence electrons. The molecule has 0 saturated heterocycles. The van der Waals surface area contributed by atoms with Crippen molar-refractivity contribution in [1.82, 2.24) is 0 Å². The summed E-state index contributed by atoms with van der Waals surface area (Å²) in [5, 5.41) is 0. The topological polar surface area (TPSA) is 9.23 Å². The van der Waals surface area contributed by atoms with Crippen molar-refractivity contribution in [3.8, 4) is 0 Å². The van der Waals surface area contributed by atoms with Crippen LogP contribution >= 0.6 is 0 Å². The van der Waals surface area contributed by atoms with E-state index in [4.69, 9.17) is 4.74 Å². The molecule has 39 heavy (non-hydrogen) atoms. The maximum Gasteiger partial charge on any atom is 0.0793 e. The Morgan fingerprint density at radius 1 is 0.436 bits per heavy atom. The van der Waals surface area contributed by atoms with Crippen molar-refractivity contribution >= 4 is 0 Å². The third-order valence-electron chi connectivity index (χ3n) is 9.41. The molecule has 0 N–H and O–H groups in total. The van der Waals surface area contributed by atoms with Crippen molar-refractivity contribution in [2.24, 2.45) is 0 Å². The van der Waals surface area contributed by atoms with Crippen molar-refractivity contribution in [1.29, 1.82) is 0 Å². The fourth-order valence-electron chi connectivity index (χ4n) is 6.90. The van der Waals surface area contributed by atoms with Gasteiger partial charge in [0.25, 0.3) is 0 Å². The molecular weight excluding hydrogens is 472 g/mol. The van der Waals surface area contributed by atoms with Gasteiger partial charge in [-0.3, -0.25) is 0 Å². The van der Waals surface area contributed by atoms with Crippen LogP contribution in [-0.4, -0.2) is 12.2 Å². The molecule has 0 heterocycles. The van der Waals surface area contributed by atoms with Gasteiger partial charge in [0.05, 0.1) is 12.2 Å². The van der Waals surface area contributed by atoms with Gasteiger partial charge in [0.2, 0.25) is 0 Å². The van der Waals surface area contributed by atoms with Crippen LogP contribution < -0.4 is 0 Å². The highest BCUT2D eigenvalue weighted by atomic mass is 16.5. The highest BCUT2D eigenvalue weighted by Gasteiger charge is 2.22. The molecule has 0 radical (unpaired) electrons. The fraction of sp³-hybridized carbons (Fsp3) is 0.895. The van der Waals surface area contributed by atoms with Gasteiger partial charge in [-0.1, -0.05) is 154 Å². The van der Waals surface area contributed by atoms with Gasteiger partial charge in [-0.05, 0) is 75.4 Å². The lowest BCUT2D eigenvalue weighted by Crippen LogP contribution is -2.26. The van der Waals surface area contributed by atoms with Crippen LogP contribution in [0, 0.1) is 0 Å². The largest absolute Gasteiger partial charge is 0.366 e. The molecule has 0 aromatic carbocycles. The van der Waals surface area contributed by atoms with Crippen LogP contribution in [0.4, 0.5) is 0 Å². The molecule has 2 aliphatic rings. The number of hydrogen-bond donors (Lipinski definition) is 0. The first-order valence-electron chi connectivity index (χ1n) is 18.4. The van der Waals surface area contributed by atoms with Gasteiger partial charge in [-0.25, -0.2) is 0 Å². The zero-order valence-electron chi connectivity index (χ0n) is 26.9. The molecule has 1 heteroatoms. The van der Waals surface area contributed by atoms with Crippen LogP contribution in [0.5, 0.6) is 0 Å². The molecule has 0 aromatic rings. The molecule has 2 rings (SSSR count). The second-order valence-electron chi connectivity index (χ2n) is 13.1. The van der Waals surface area contributed by atoms with E-state index in [2.05, 4.69) is 26.0 Å². The predicted molar refractivity (Wildman–Crippen MR) is 175 cm³/mol. The lowest BCUT2D eigenvalue weighted by molar-refractivity contribution is 0.0145. The summed E-state index contributed by atoms with van der Waals surface area (Å²) in [4.78, 5) is 0. The third-order valence-corrected chi connectivity index (χ3v) is 9.41. The second kappa shape index (κ2) is 25.2. The van der Waals surface area contributed by atoms with E-state index in [0.717, 1.165) is 0 Å². The van der Waals surface area contributed by atoms with Crippen LogP contribution in [0.1, 0.15) is 206 Å². The number of rotatable bonds is 8. The van der Waals surface area contributed by atoms with E-state index in [0.29, 0.717) is 12.2 Å². The van der Waals surface area contributed by atoms with E-state index < -0.39 is 0 Å². The summed E-state index contributed by atoms with van der Waals surface area (Å²) in [6, 6.07) is 0. The summed E-state index contributed by atoms with van der Waals surface area (Å²) in [5.74, 6) is 0. The van der Waals surface area contributed by atoms with E-state index >= 15 is 0 Å². The van der Waals surface area contributed by atoms with Crippen molar-refractivity contribution in [3.63, 3.8) is 0 Å². The first-order chi connectivity index (χ1) is 19.3. The fourth-order valence-corrected chi connectivity index (χ4v) is 6.90. The molecule has 1 nitrogen and oxygen atoms in total. The number of ether oxygens (including phenoxy) is 1. The summed E-state index contributed by atoms with van der Waals surface area (Å²) in [7, 11) is 0. The van der Waals surface area contributed by atoms with Gasteiger partial charge in [0.1, 0.15) is 0 Å². The van der Waals surface area contributed by atoms with Gasteiger partial charge in [0.15, 0.2) is 0 Å². The summed E-state index contributed by atoms with van der Waals surface area (Å²) < 4.78 is 7.25. The monoisotopic (exact) mass is 543 g/mol. The van der Waals surface area contributed by atoms with Crippen LogP contribution in [0.2, 0.25) is 0 Å². The Labute approximate surface area is 246 Å². The maximum absolute atomic E-state index is 7.25. The smallest absolute Gasteiger partial charge is 0.0793 e. The molecule has 2 atom stereocenters. The van der Waals surface area contributed by atoms with Crippen molar-refractivity contribution < 1.29 is 4.74 Å². The first-order valence-corrected chi connectivity index (χ1v) is 18.4. The van der Waals surface area contributed by atoms with Crippen molar-refractivity contribution in [2.45, 2.75) is 219 Å². The molecular formula is C38H70O. The Hall–Kier alpha value is -0.560. The van der Waals surface area contributed by atoms with Crippen LogP contribution in [-0.2, 0) is 4.74 Å². The van der Waals surface area contributed by atoms with Gasteiger partial charge in [-0.2, -0.15) is 0 Å². The Balaban J connectivity index is 2.11. The van der Waals surface area contributed by atoms with Crippen molar-refractivity contribution in [3.05, 3.63) is 23.3 Å². The van der Waals surface area contributed by atoms with E-state index in [9.17, 15) is 0 Å². The lowest BCUT2D eigenvalue weighted by atomic mass is 9.94. The van der Waals surface area contributed by atoms with E-state index in [1.165, 1.54) is 193 Å². The van der Waals surface area contributed by atoms with Crippen LogP contribution in [0.3, 0.4) is 0 Å². The highest BCUT2D eigenvalue weighted by molar-refractivity contribution is 5.13. The van der Waals surface area contributed by atoms with E-state index in [-0.39, 0.29) is 0 Å². The average Bonchev–Trinajstić information content (AvgIpc) is 2.96. The van der Waals surface area contributed by atoms with E-state index in [1.807, 2.05) is 0 Å². The minimum absolute atomic E-state index is 0.333. The molecule has 0 fully saturated rings. The first kappa shape index (κ1) is 34.6. The maximum atomic E-state index is 7.25. The molecule has 0 saturated carbocycles. The molecule has 0 aliphatic heterocycles. The second-order valence-corrected chi connectivity index (χ2v) is 13.1. The molecule has 0 amide bonds. The average molecular weight is 543 g/mol. The number of allylic oxidation sites excluding steroid dienone is 2. The zero-order chi connectivity index (χ0) is 27.6. The van der Waals surface area contributed by atoms with Gasteiger partial charge >= 0.3 is 0 Å². The third kappa shape index (κ3) is 17.8. The van der Waals surface area contributed by atoms with Gasteiger partial charge < -0.3 is 4.74 Å². The Bertz CT molecular complexity index is 550. The normalized spacial score (nSPS) is 25.8. The molecule has 2 aliphatic carbocycles. The highest BCUT2D eigenvalue weighted by Crippen LogP contribution is 2.29. The Morgan fingerprint density at radius 3 is 1.03 bits per heavy atom. The summed E-state index contributed by atoms with van der Waals surface area (Å²) in [6.07, 6.45) is 47.2. The summed E-state index contributed by atoms with van der Waals surface area (Å²) >= 11 is 0. The van der Waals surface area contributed by atoms with Crippen LogP contribution in [0.15, 0.2) is 23.3 Å². The standard InChI is InChI=1S/C38H70O/c1-3-29-37(35-31-25-21-17-13-9-5-6-10-14-18-22-26-32-35)39-38(30-4-2)36-33-27-23-19-15-11-7-8-12-16-20-24-28-34-36/h31,33,37-38H,3-30,32,34H2,1-2H3/b35-31+,36-33+. The quantitative estimate of drug-likeness (QED) is 0.277. The molecule has 0 aromatic heterocycles. The summed E-state index contributed by atoms with van der Waals surface area (Å²) in [5.41, 5.74) is 3.32.